The van der Waals surface area contributed by atoms with Crippen LogP contribution in [-0.2, 0) is 14.8 Å². The zero-order valence-corrected chi connectivity index (χ0v) is 17.7. The van der Waals surface area contributed by atoms with E-state index in [1.54, 1.807) is 0 Å². The number of nitrogens with zero attached hydrogens (tertiary/aromatic N) is 1. The maximum Gasteiger partial charge on any atom is 0.264 e. The minimum absolute atomic E-state index is 0.125. The van der Waals surface area contributed by atoms with Crippen molar-refractivity contribution >= 4 is 27.3 Å². The van der Waals surface area contributed by atoms with Crippen molar-refractivity contribution in [3.8, 4) is 11.5 Å². The molecule has 7 nitrogen and oxygen atoms in total. The van der Waals surface area contributed by atoms with Crippen molar-refractivity contribution in [2.24, 2.45) is 0 Å². The van der Waals surface area contributed by atoms with E-state index in [9.17, 15) is 26.4 Å². The number of benzene rings is 3. The molecular weight excluding hydrogens is 461 g/mol. The Hall–Kier alpha value is -3.73. The second kappa shape index (κ2) is 9.02. The van der Waals surface area contributed by atoms with Gasteiger partial charge in [0.25, 0.3) is 10.0 Å². The maximum absolute atomic E-state index is 13.9. The van der Waals surface area contributed by atoms with Gasteiger partial charge in [-0.1, -0.05) is 6.07 Å². The van der Waals surface area contributed by atoms with Gasteiger partial charge in [0.2, 0.25) is 5.91 Å². The predicted molar refractivity (Wildman–Crippen MR) is 113 cm³/mol. The summed E-state index contributed by atoms with van der Waals surface area (Å²) in [7, 11) is -4.39. The Bertz CT molecular complexity index is 1320. The van der Waals surface area contributed by atoms with E-state index in [1.807, 2.05) is 0 Å². The lowest BCUT2D eigenvalue weighted by Gasteiger charge is -2.25. The Morgan fingerprint density at radius 1 is 0.909 bits per heavy atom. The summed E-state index contributed by atoms with van der Waals surface area (Å²) in [6.07, 6.45) is 0. The predicted octanol–water partition coefficient (Wildman–Crippen LogP) is 3.71. The van der Waals surface area contributed by atoms with Gasteiger partial charge in [0, 0.05) is 12.1 Å². The summed E-state index contributed by atoms with van der Waals surface area (Å²) in [5, 5.41) is 2.20. The molecule has 3 aromatic rings. The summed E-state index contributed by atoms with van der Waals surface area (Å²) in [6, 6.07) is 11.1. The molecule has 3 aromatic carbocycles. The second-order valence-electron chi connectivity index (χ2n) is 6.97. The molecule has 33 heavy (non-hydrogen) atoms. The van der Waals surface area contributed by atoms with Gasteiger partial charge < -0.3 is 14.8 Å². The first-order valence-corrected chi connectivity index (χ1v) is 11.1. The van der Waals surface area contributed by atoms with Gasteiger partial charge in [-0.3, -0.25) is 9.10 Å². The number of fused-ring (bicyclic) bond motifs is 1. The quantitative estimate of drug-likeness (QED) is 0.584. The third-order valence-electron chi connectivity index (χ3n) is 4.69. The molecule has 1 N–H and O–H groups in total. The first-order chi connectivity index (χ1) is 15.7. The van der Waals surface area contributed by atoms with Gasteiger partial charge in [0.1, 0.15) is 37.2 Å². The molecule has 4 rings (SSSR count). The summed E-state index contributed by atoms with van der Waals surface area (Å²) >= 11 is 0. The van der Waals surface area contributed by atoms with Crippen molar-refractivity contribution in [3.05, 3.63) is 78.1 Å². The van der Waals surface area contributed by atoms with E-state index < -0.39 is 39.9 Å². The van der Waals surface area contributed by atoms with Gasteiger partial charge in [-0.25, -0.2) is 21.6 Å². The van der Waals surface area contributed by atoms with E-state index in [1.165, 1.54) is 30.3 Å². The molecule has 0 saturated heterocycles. The summed E-state index contributed by atoms with van der Waals surface area (Å²) in [5.74, 6) is -2.95. The van der Waals surface area contributed by atoms with E-state index in [-0.39, 0.29) is 28.6 Å². The van der Waals surface area contributed by atoms with Crippen LogP contribution in [0.15, 0.2) is 65.6 Å². The lowest BCUT2D eigenvalue weighted by atomic mass is 10.3. The van der Waals surface area contributed by atoms with Crippen LogP contribution in [0.5, 0.6) is 11.5 Å². The molecule has 0 unspecified atom stereocenters. The molecule has 11 heteroatoms. The molecule has 0 radical (unpaired) electrons. The normalized spacial score (nSPS) is 12.8. The van der Waals surface area contributed by atoms with Crippen molar-refractivity contribution in [1.82, 2.24) is 0 Å². The molecule has 0 saturated carbocycles. The highest BCUT2D eigenvalue weighted by molar-refractivity contribution is 7.92. The molecule has 1 amide bonds. The van der Waals surface area contributed by atoms with Crippen molar-refractivity contribution in [2.45, 2.75) is 4.90 Å². The van der Waals surface area contributed by atoms with Crippen LogP contribution < -0.4 is 19.1 Å². The fourth-order valence-electron chi connectivity index (χ4n) is 3.17. The van der Waals surface area contributed by atoms with E-state index in [0.29, 0.717) is 22.7 Å². The van der Waals surface area contributed by atoms with Crippen LogP contribution >= 0.6 is 0 Å². The smallest absolute Gasteiger partial charge is 0.264 e. The average Bonchev–Trinajstić information content (AvgIpc) is 2.79. The lowest BCUT2D eigenvalue weighted by Crippen LogP contribution is -2.38. The van der Waals surface area contributed by atoms with Crippen LogP contribution in [0.2, 0.25) is 0 Å². The first-order valence-electron chi connectivity index (χ1n) is 9.67. The Labute approximate surface area is 187 Å². The number of halogens is 3. The third-order valence-corrected chi connectivity index (χ3v) is 6.46. The largest absolute Gasteiger partial charge is 0.486 e. The standard InChI is InChI=1S/C22H17F3N2O5S/c23-14-2-1-3-16(10-14)27(13-22(28)26-19-6-4-15(24)11-18(19)25)33(29,30)17-5-7-20-21(12-17)32-9-8-31-20/h1-7,10-12H,8-9,13H2,(H,26,28). The molecule has 1 heterocycles. The zero-order chi connectivity index (χ0) is 23.6. The fraction of sp³-hybridized carbons (Fsp3) is 0.136. The summed E-state index contributed by atoms with van der Waals surface area (Å²) < 4.78 is 79.3. The molecule has 0 spiro atoms. The minimum atomic E-state index is -4.39. The lowest BCUT2D eigenvalue weighted by molar-refractivity contribution is -0.114. The second-order valence-corrected chi connectivity index (χ2v) is 8.83. The van der Waals surface area contributed by atoms with Crippen molar-refractivity contribution in [1.29, 1.82) is 0 Å². The van der Waals surface area contributed by atoms with E-state index in [0.717, 1.165) is 24.3 Å². The Balaban J connectivity index is 1.68. The van der Waals surface area contributed by atoms with Crippen LogP contribution in [0.3, 0.4) is 0 Å². The van der Waals surface area contributed by atoms with Gasteiger partial charge in [-0.2, -0.15) is 0 Å². The Morgan fingerprint density at radius 2 is 1.64 bits per heavy atom. The first kappa shape index (κ1) is 22.5. The van der Waals surface area contributed by atoms with Crippen LogP contribution in [0, 0.1) is 17.5 Å². The van der Waals surface area contributed by atoms with Crippen LogP contribution in [0.4, 0.5) is 24.5 Å². The van der Waals surface area contributed by atoms with Gasteiger partial charge in [-0.15, -0.1) is 0 Å². The molecule has 172 valence electrons. The average molecular weight is 478 g/mol. The number of hydrogen-bond acceptors (Lipinski definition) is 5. The number of ether oxygens (including phenoxy) is 2. The Kier molecular flexibility index (Phi) is 6.14. The minimum Gasteiger partial charge on any atom is -0.486 e. The van der Waals surface area contributed by atoms with Crippen LogP contribution in [0.25, 0.3) is 0 Å². The molecule has 0 fully saturated rings. The number of rotatable bonds is 6. The van der Waals surface area contributed by atoms with Gasteiger partial charge in [0.05, 0.1) is 16.3 Å². The molecule has 1 aliphatic rings. The monoisotopic (exact) mass is 478 g/mol. The summed E-state index contributed by atoms with van der Waals surface area (Å²) in [5.41, 5.74) is -0.461. The van der Waals surface area contributed by atoms with Gasteiger partial charge in [-0.05, 0) is 42.5 Å². The van der Waals surface area contributed by atoms with Gasteiger partial charge in [0.15, 0.2) is 11.5 Å². The van der Waals surface area contributed by atoms with E-state index in [4.69, 9.17) is 9.47 Å². The highest BCUT2D eigenvalue weighted by atomic mass is 32.2. The molecule has 0 aliphatic carbocycles. The fourth-order valence-corrected chi connectivity index (χ4v) is 4.60. The van der Waals surface area contributed by atoms with Crippen molar-refractivity contribution in [2.75, 3.05) is 29.4 Å². The topological polar surface area (TPSA) is 84.9 Å². The van der Waals surface area contributed by atoms with Gasteiger partial charge >= 0.3 is 0 Å². The highest BCUT2D eigenvalue weighted by Crippen LogP contribution is 2.34. The Morgan fingerprint density at radius 3 is 2.36 bits per heavy atom. The summed E-state index contributed by atoms with van der Waals surface area (Å²) in [6.45, 7) is -0.262. The number of carbonyl (C=O) groups excluding carboxylic acids is 1. The zero-order valence-electron chi connectivity index (χ0n) is 16.9. The SMILES string of the molecule is O=C(CN(c1cccc(F)c1)S(=O)(=O)c1ccc2c(c1)OCCO2)Nc1ccc(F)cc1F. The van der Waals surface area contributed by atoms with Crippen molar-refractivity contribution in [3.63, 3.8) is 0 Å². The molecule has 0 atom stereocenters. The third kappa shape index (κ3) is 4.87. The molecule has 1 aliphatic heterocycles. The number of hydrogen-bond donors (Lipinski definition) is 1. The van der Waals surface area contributed by atoms with E-state index in [2.05, 4.69) is 5.32 Å². The number of sulfonamides is 1. The van der Waals surface area contributed by atoms with E-state index >= 15 is 0 Å². The number of amides is 1. The molecule has 0 bridgehead atoms. The highest BCUT2D eigenvalue weighted by Gasteiger charge is 2.29. The maximum atomic E-state index is 13.9. The molecule has 0 aromatic heterocycles. The van der Waals surface area contributed by atoms with Crippen LogP contribution in [0.1, 0.15) is 0 Å². The van der Waals surface area contributed by atoms with Crippen LogP contribution in [-0.4, -0.2) is 34.1 Å². The number of carbonyl (C=O) groups is 1. The number of anilines is 2. The van der Waals surface area contributed by atoms with Crippen molar-refractivity contribution < 1.29 is 35.9 Å². The molecular formula is C22H17F3N2O5S. The number of nitrogens with one attached hydrogen (secondary N) is 1. The summed E-state index contributed by atoms with van der Waals surface area (Å²) in [4.78, 5) is 12.4.